The van der Waals surface area contributed by atoms with Gasteiger partial charge in [-0.15, -0.1) is 0 Å². The minimum atomic E-state index is 0.435. The first-order valence-corrected chi connectivity index (χ1v) is 10.7. The lowest BCUT2D eigenvalue weighted by Crippen LogP contribution is -2.46. The highest BCUT2D eigenvalue weighted by Gasteiger charge is 2.36. The maximum atomic E-state index is 6.09. The van der Waals surface area contributed by atoms with E-state index >= 15 is 0 Å². The molecule has 0 spiro atoms. The molecule has 2 aliphatic rings. The zero-order chi connectivity index (χ0) is 20.2. The Balaban J connectivity index is 1.43. The van der Waals surface area contributed by atoms with Gasteiger partial charge in [-0.3, -0.25) is 15.8 Å². The predicted molar refractivity (Wildman–Crippen MR) is 117 cm³/mol. The van der Waals surface area contributed by atoms with E-state index in [-0.39, 0.29) is 0 Å². The molecule has 2 aliphatic heterocycles. The molecule has 0 radical (unpaired) electrons. The van der Waals surface area contributed by atoms with Crippen LogP contribution < -0.4 is 20.3 Å². The lowest BCUT2D eigenvalue weighted by atomic mass is 9.81. The normalized spacial score (nSPS) is 25.1. The summed E-state index contributed by atoms with van der Waals surface area (Å²) >= 11 is 6.09. The highest BCUT2D eigenvalue weighted by atomic mass is 35.5. The SMILES string of the molecule is COc1ccc(CN2CCCC(C3NNCC3c3ccc(Cl)cc3)C2)cc1OC. The van der Waals surface area contributed by atoms with Crippen LogP contribution >= 0.6 is 11.6 Å². The van der Waals surface area contributed by atoms with E-state index in [1.807, 2.05) is 18.2 Å². The summed E-state index contributed by atoms with van der Waals surface area (Å²) < 4.78 is 10.8. The summed E-state index contributed by atoms with van der Waals surface area (Å²) in [6, 6.07) is 15.0. The number of rotatable bonds is 6. The largest absolute Gasteiger partial charge is 0.493 e. The van der Waals surface area contributed by atoms with Crippen molar-refractivity contribution in [1.82, 2.24) is 15.8 Å². The van der Waals surface area contributed by atoms with Crippen LogP contribution in [0.25, 0.3) is 0 Å². The molecule has 2 saturated heterocycles. The first-order valence-electron chi connectivity index (χ1n) is 10.3. The van der Waals surface area contributed by atoms with E-state index in [0.29, 0.717) is 17.9 Å². The molecule has 2 N–H and O–H groups in total. The molecular formula is C23H30ClN3O2. The van der Waals surface area contributed by atoms with E-state index in [4.69, 9.17) is 21.1 Å². The van der Waals surface area contributed by atoms with Gasteiger partial charge in [0.25, 0.3) is 0 Å². The fourth-order valence-electron chi connectivity index (χ4n) is 4.76. The van der Waals surface area contributed by atoms with Gasteiger partial charge in [0.05, 0.1) is 14.2 Å². The number of benzene rings is 2. The zero-order valence-electron chi connectivity index (χ0n) is 17.2. The maximum absolute atomic E-state index is 6.09. The highest BCUT2D eigenvalue weighted by molar-refractivity contribution is 6.30. The molecule has 2 aromatic carbocycles. The number of nitrogens with zero attached hydrogens (tertiary/aromatic N) is 1. The summed E-state index contributed by atoms with van der Waals surface area (Å²) in [6.07, 6.45) is 2.48. The topological polar surface area (TPSA) is 45.8 Å². The summed E-state index contributed by atoms with van der Waals surface area (Å²) in [6.45, 7) is 4.12. The first kappa shape index (κ1) is 20.5. The molecule has 29 heavy (non-hydrogen) atoms. The molecule has 5 nitrogen and oxygen atoms in total. The van der Waals surface area contributed by atoms with Gasteiger partial charge in [-0.1, -0.05) is 29.8 Å². The van der Waals surface area contributed by atoms with Crippen molar-refractivity contribution in [2.24, 2.45) is 5.92 Å². The summed E-state index contributed by atoms with van der Waals surface area (Å²) in [5.74, 6) is 2.65. The number of hydrogen-bond donors (Lipinski definition) is 2. The van der Waals surface area contributed by atoms with Gasteiger partial charge < -0.3 is 9.47 Å². The third-order valence-electron chi connectivity index (χ3n) is 6.23. The lowest BCUT2D eigenvalue weighted by molar-refractivity contribution is 0.139. The van der Waals surface area contributed by atoms with Gasteiger partial charge in [-0.05, 0) is 60.7 Å². The molecule has 0 saturated carbocycles. The van der Waals surface area contributed by atoms with Crippen molar-refractivity contribution in [1.29, 1.82) is 0 Å². The van der Waals surface area contributed by atoms with Crippen molar-refractivity contribution in [2.45, 2.75) is 31.3 Å². The van der Waals surface area contributed by atoms with Crippen LogP contribution in [0.2, 0.25) is 5.02 Å². The summed E-state index contributed by atoms with van der Waals surface area (Å²) in [7, 11) is 3.36. The number of nitrogens with one attached hydrogen (secondary N) is 2. The fraction of sp³-hybridized carbons (Fsp3) is 0.478. The van der Waals surface area contributed by atoms with E-state index < -0.39 is 0 Å². The van der Waals surface area contributed by atoms with Crippen molar-refractivity contribution >= 4 is 11.6 Å². The Morgan fingerprint density at radius 3 is 2.62 bits per heavy atom. The molecule has 0 aliphatic carbocycles. The van der Waals surface area contributed by atoms with Crippen molar-refractivity contribution in [3.8, 4) is 11.5 Å². The average Bonchev–Trinajstić information content (AvgIpc) is 3.24. The van der Waals surface area contributed by atoms with Crippen LogP contribution in [0.15, 0.2) is 42.5 Å². The molecule has 6 heteroatoms. The third kappa shape index (κ3) is 4.69. The van der Waals surface area contributed by atoms with Crippen LogP contribution in [0.3, 0.4) is 0 Å². The zero-order valence-corrected chi connectivity index (χ0v) is 17.9. The molecule has 3 atom stereocenters. The number of likely N-dealkylation sites (tertiary alicyclic amines) is 1. The smallest absolute Gasteiger partial charge is 0.161 e. The molecule has 2 fully saturated rings. The number of ether oxygens (including phenoxy) is 2. The molecule has 2 aromatic rings. The van der Waals surface area contributed by atoms with Crippen LogP contribution in [0.4, 0.5) is 0 Å². The number of methoxy groups -OCH3 is 2. The Kier molecular flexibility index (Phi) is 6.60. The Bertz CT molecular complexity index is 814. The third-order valence-corrected chi connectivity index (χ3v) is 6.48. The van der Waals surface area contributed by atoms with Crippen LogP contribution in [-0.2, 0) is 6.54 Å². The quantitative estimate of drug-likeness (QED) is 0.750. The average molecular weight is 416 g/mol. The number of hydrazine groups is 1. The fourth-order valence-corrected chi connectivity index (χ4v) is 4.89. The Labute approximate surface area is 178 Å². The van der Waals surface area contributed by atoms with Crippen LogP contribution in [0, 0.1) is 5.92 Å². The van der Waals surface area contributed by atoms with Gasteiger partial charge in [-0.25, -0.2) is 0 Å². The van der Waals surface area contributed by atoms with Crippen LogP contribution in [0.1, 0.15) is 29.9 Å². The Morgan fingerprint density at radius 1 is 1.07 bits per heavy atom. The predicted octanol–water partition coefficient (Wildman–Crippen LogP) is 3.83. The van der Waals surface area contributed by atoms with Crippen LogP contribution in [-0.4, -0.2) is 44.8 Å². The van der Waals surface area contributed by atoms with E-state index in [9.17, 15) is 0 Å². The minimum absolute atomic E-state index is 0.435. The maximum Gasteiger partial charge on any atom is 0.161 e. The van der Waals surface area contributed by atoms with Crippen molar-refractivity contribution in [3.63, 3.8) is 0 Å². The molecule has 3 unspecified atom stereocenters. The standard InChI is InChI=1S/C23H30ClN3O2/c1-28-21-10-5-16(12-22(21)29-2)14-27-11-3-4-18(15-27)23-20(13-25-26-23)17-6-8-19(24)9-7-17/h5-10,12,18,20,23,25-26H,3-4,11,13-15H2,1-2H3. The Hall–Kier alpha value is -1.79. The van der Waals surface area contributed by atoms with Crippen LogP contribution in [0.5, 0.6) is 11.5 Å². The second-order valence-electron chi connectivity index (χ2n) is 8.04. The van der Waals surface area contributed by atoms with Gasteiger partial charge in [0, 0.05) is 36.6 Å². The molecule has 0 aromatic heterocycles. The number of piperidine rings is 1. The van der Waals surface area contributed by atoms with Crippen molar-refractivity contribution in [3.05, 3.63) is 58.6 Å². The van der Waals surface area contributed by atoms with Gasteiger partial charge in [0.2, 0.25) is 0 Å². The minimum Gasteiger partial charge on any atom is -0.493 e. The summed E-state index contributed by atoms with van der Waals surface area (Å²) in [5, 5.41) is 0.794. The highest BCUT2D eigenvalue weighted by Crippen LogP contribution is 2.33. The van der Waals surface area contributed by atoms with Crippen molar-refractivity contribution < 1.29 is 9.47 Å². The van der Waals surface area contributed by atoms with Gasteiger partial charge in [0.15, 0.2) is 11.5 Å². The van der Waals surface area contributed by atoms with E-state index in [1.165, 1.54) is 24.0 Å². The monoisotopic (exact) mass is 415 g/mol. The summed E-state index contributed by atoms with van der Waals surface area (Å²) in [4.78, 5) is 2.56. The van der Waals surface area contributed by atoms with Crippen molar-refractivity contribution in [2.75, 3.05) is 33.9 Å². The molecule has 0 amide bonds. The molecular weight excluding hydrogens is 386 g/mol. The van der Waals surface area contributed by atoms with Gasteiger partial charge >= 0.3 is 0 Å². The number of hydrogen-bond acceptors (Lipinski definition) is 5. The molecule has 156 valence electrons. The number of halogens is 1. The van der Waals surface area contributed by atoms with Gasteiger partial charge in [-0.2, -0.15) is 0 Å². The van der Waals surface area contributed by atoms with Gasteiger partial charge in [0.1, 0.15) is 0 Å². The van der Waals surface area contributed by atoms with E-state index in [1.54, 1.807) is 14.2 Å². The van der Waals surface area contributed by atoms with E-state index in [0.717, 1.165) is 42.7 Å². The first-order chi connectivity index (χ1) is 14.2. The second-order valence-corrected chi connectivity index (χ2v) is 8.47. The summed E-state index contributed by atoms with van der Waals surface area (Å²) in [5.41, 5.74) is 9.57. The second kappa shape index (κ2) is 9.35. The molecule has 4 rings (SSSR count). The lowest BCUT2D eigenvalue weighted by Gasteiger charge is -2.37. The van der Waals surface area contributed by atoms with E-state index in [2.05, 4.69) is 40.0 Å². The molecule has 2 heterocycles. The Morgan fingerprint density at radius 2 is 1.86 bits per heavy atom. The molecule has 0 bridgehead atoms.